The molecule has 2 rings (SSSR count). The van der Waals surface area contributed by atoms with Crippen molar-refractivity contribution in [2.24, 2.45) is 5.92 Å². The Morgan fingerprint density at radius 1 is 1.26 bits per heavy atom. The number of ether oxygens (including phenoxy) is 3. The van der Waals surface area contributed by atoms with Crippen molar-refractivity contribution in [3.05, 3.63) is 35.9 Å². The van der Waals surface area contributed by atoms with Gasteiger partial charge in [0.1, 0.15) is 11.7 Å². The molecule has 1 fully saturated rings. The maximum atomic E-state index is 12.2. The Bertz CT molecular complexity index is 667. The van der Waals surface area contributed by atoms with E-state index in [9.17, 15) is 14.4 Å². The van der Waals surface area contributed by atoms with Crippen LogP contribution < -0.4 is 5.32 Å². The van der Waals surface area contributed by atoms with Gasteiger partial charge in [-0.25, -0.2) is 4.79 Å². The molecule has 1 aromatic carbocycles. The minimum atomic E-state index is -0.964. The molecule has 0 spiro atoms. The molecule has 1 aliphatic rings. The molecule has 3 unspecified atom stereocenters. The number of cyclic esters (lactones) is 1. The average Bonchev–Trinajstić information content (AvgIpc) is 2.95. The number of amides is 1. The first-order valence-corrected chi connectivity index (χ1v) is 9.10. The van der Waals surface area contributed by atoms with Crippen LogP contribution in [0.15, 0.2) is 30.3 Å². The summed E-state index contributed by atoms with van der Waals surface area (Å²) in [6, 6.07) is 8.99. The third kappa shape index (κ3) is 6.27. The lowest BCUT2D eigenvalue weighted by atomic mass is 9.96. The van der Waals surface area contributed by atoms with Gasteiger partial charge in [0, 0.05) is 6.42 Å². The van der Waals surface area contributed by atoms with E-state index in [2.05, 4.69) is 5.32 Å². The van der Waals surface area contributed by atoms with Crippen molar-refractivity contribution < 1.29 is 28.6 Å². The van der Waals surface area contributed by atoms with Crippen molar-refractivity contribution in [1.82, 2.24) is 5.32 Å². The standard InChI is InChI=1S/C20H27NO6/c1-5-25-17(22)14-12-16(26-18(14)23)15(11-13-9-7-6-8-10-13)21-19(24)27-20(2,3)4/h6-10,14-16H,5,11-12H2,1-4H3,(H,21,24). The zero-order valence-electron chi connectivity index (χ0n) is 16.2. The molecule has 1 saturated heterocycles. The SMILES string of the molecule is CCOC(=O)C1CC(C(Cc2ccccc2)NC(=O)OC(C)(C)C)OC1=O. The fourth-order valence-corrected chi connectivity index (χ4v) is 2.89. The predicted octanol–water partition coefficient (Wildman–Crippen LogP) is 2.62. The van der Waals surface area contributed by atoms with Crippen LogP contribution >= 0.6 is 0 Å². The highest BCUT2D eigenvalue weighted by atomic mass is 16.6. The fraction of sp³-hybridized carbons (Fsp3) is 0.550. The lowest BCUT2D eigenvalue weighted by Crippen LogP contribution is -2.46. The summed E-state index contributed by atoms with van der Waals surface area (Å²) in [7, 11) is 0. The van der Waals surface area contributed by atoms with Crippen LogP contribution in [-0.4, -0.2) is 42.4 Å². The average molecular weight is 377 g/mol. The Balaban J connectivity index is 2.13. The first-order valence-electron chi connectivity index (χ1n) is 9.10. The Morgan fingerprint density at radius 2 is 1.93 bits per heavy atom. The number of alkyl carbamates (subject to hydrolysis) is 1. The molecule has 0 aliphatic carbocycles. The molecule has 1 heterocycles. The maximum absolute atomic E-state index is 12.2. The summed E-state index contributed by atoms with van der Waals surface area (Å²) in [5.74, 6) is -2.18. The number of benzene rings is 1. The molecule has 7 nitrogen and oxygen atoms in total. The van der Waals surface area contributed by atoms with Crippen LogP contribution in [-0.2, 0) is 30.2 Å². The quantitative estimate of drug-likeness (QED) is 0.466. The van der Waals surface area contributed by atoms with E-state index >= 15 is 0 Å². The molecule has 1 amide bonds. The van der Waals surface area contributed by atoms with E-state index in [1.54, 1.807) is 27.7 Å². The number of hydrogen-bond donors (Lipinski definition) is 1. The molecule has 0 bridgehead atoms. The van der Waals surface area contributed by atoms with Gasteiger partial charge in [-0.1, -0.05) is 30.3 Å². The number of nitrogens with one attached hydrogen (secondary N) is 1. The van der Waals surface area contributed by atoms with E-state index in [0.717, 1.165) is 5.56 Å². The zero-order valence-corrected chi connectivity index (χ0v) is 16.2. The molecular formula is C20H27NO6. The van der Waals surface area contributed by atoms with Crippen LogP contribution in [0.25, 0.3) is 0 Å². The van der Waals surface area contributed by atoms with Crippen molar-refractivity contribution in [3.63, 3.8) is 0 Å². The van der Waals surface area contributed by atoms with Crippen molar-refractivity contribution in [2.45, 2.75) is 58.3 Å². The van der Waals surface area contributed by atoms with Crippen LogP contribution in [0.2, 0.25) is 0 Å². The maximum Gasteiger partial charge on any atom is 0.408 e. The topological polar surface area (TPSA) is 90.9 Å². The number of esters is 2. The third-order valence-corrected chi connectivity index (χ3v) is 4.04. The van der Waals surface area contributed by atoms with Gasteiger partial charge >= 0.3 is 18.0 Å². The van der Waals surface area contributed by atoms with Crippen molar-refractivity contribution in [3.8, 4) is 0 Å². The highest BCUT2D eigenvalue weighted by Crippen LogP contribution is 2.26. The minimum Gasteiger partial charge on any atom is -0.465 e. The van der Waals surface area contributed by atoms with Gasteiger partial charge in [-0.05, 0) is 39.7 Å². The van der Waals surface area contributed by atoms with Crippen LogP contribution in [0.1, 0.15) is 39.7 Å². The summed E-state index contributed by atoms with van der Waals surface area (Å²) in [5, 5.41) is 2.79. The van der Waals surface area contributed by atoms with Crippen LogP contribution in [0.4, 0.5) is 4.79 Å². The molecule has 7 heteroatoms. The largest absolute Gasteiger partial charge is 0.465 e. The van der Waals surface area contributed by atoms with Gasteiger partial charge in [0.2, 0.25) is 0 Å². The van der Waals surface area contributed by atoms with Gasteiger partial charge in [0.05, 0.1) is 12.6 Å². The minimum absolute atomic E-state index is 0.158. The van der Waals surface area contributed by atoms with Gasteiger partial charge in [-0.2, -0.15) is 0 Å². The molecule has 0 radical (unpaired) electrons. The Kier molecular flexibility index (Phi) is 6.82. The Labute approximate surface area is 159 Å². The second kappa shape index (κ2) is 8.88. The summed E-state index contributed by atoms with van der Waals surface area (Å²) in [6.07, 6.45) is -0.642. The van der Waals surface area contributed by atoms with Crippen LogP contribution in [0.3, 0.4) is 0 Å². The first-order chi connectivity index (χ1) is 12.7. The molecular weight excluding hydrogens is 350 g/mol. The molecule has 0 saturated carbocycles. The van der Waals surface area contributed by atoms with Gasteiger partial charge < -0.3 is 19.5 Å². The number of hydrogen-bond acceptors (Lipinski definition) is 6. The van der Waals surface area contributed by atoms with Crippen molar-refractivity contribution in [2.75, 3.05) is 6.61 Å². The second-order valence-corrected chi connectivity index (χ2v) is 7.46. The fourth-order valence-electron chi connectivity index (χ4n) is 2.89. The zero-order chi connectivity index (χ0) is 20.0. The number of rotatable bonds is 6. The molecule has 3 atom stereocenters. The second-order valence-electron chi connectivity index (χ2n) is 7.46. The van der Waals surface area contributed by atoms with E-state index in [1.165, 1.54) is 0 Å². The van der Waals surface area contributed by atoms with Crippen LogP contribution in [0, 0.1) is 5.92 Å². The molecule has 1 N–H and O–H groups in total. The van der Waals surface area contributed by atoms with Crippen LogP contribution in [0.5, 0.6) is 0 Å². The highest BCUT2D eigenvalue weighted by Gasteiger charge is 2.44. The van der Waals surface area contributed by atoms with E-state index in [1.807, 2.05) is 30.3 Å². The highest BCUT2D eigenvalue weighted by molar-refractivity contribution is 5.96. The van der Waals surface area contributed by atoms with Crippen molar-refractivity contribution >= 4 is 18.0 Å². The summed E-state index contributed by atoms with van der Waals surface area (Å²) >= 11 is 0. The lowest BCUT2D eigenvalue weighted by Gasteiger charge is -2.26. The summed E-state index contributed by atoms with van der Waals surface area (Å²) in [4.78, 5) is 36.3. The first kappa shape index (κ1) is 20.7. The summed E-state index contributed by atoms with van der Waals surface area (Å²) in [5.41, 5.74) is 0.315. The Morgan fingerprint density at radius 3 is 2.52 bits per heavy atom. The van der Waals surface area contributed by atoms with E-state index < -0.39 is 41.7 Å². The monoisotopic (exact) mass is 377 g/mol. The summed E-state index contributed by atoms with van der Waals surface area (Å²) < 4.78 is 15.7. The smallest absolute Gasteiger partial charge is 0.408 e. The van der Waals surface area contributed by atoms with Crippen molar-refractivity contribution in [1.29, 1.82) is 0 Å². The molecule has 27 heavy (non-hydrogen) atoms. The number of carbonyl (C=O) groups excluding carboxylic acids is 3. The normalized spacial score (nSPS) is 20.5. The molecule has 1 aliphatic heterocycles. The molecule has 1 aromatic rings. The third-order valence-electron chi connectivity index (χ3n) is 4.04. The van der Waals surface area contributed by atoms with E-state index in [-0.39, 0.29) is 13.0 Å². The Hall–Kier alpha value is -2.57. The number of carbonyl (C=O) groups is 3. The van der Waals surface area contributed by atoms with Gasteiger partial charge in [0.15, 0.2) is 5.92 Å². The van der Waals surface area contributed by atoms with E-state index in [4.69, 9.17) is 14.2 Å². The van der Waals surface area contributed by atoms with E-state index in [0.29, 0.717) is 6.42 Å². The van der Waals surface area contributed by atoms with Gasteiger partial charge in [0.25, 0.3) is 0 Å². The lowest BCUT2D eigenvalue weighted by molar-refractivity contribution is -0.156. The molecule has 0 aromatic heterocycles. The summed E-state index contributed by atoms with van der Waals surface area (Å²) in [6.45, 7) is 7.18. The van der Waals surface area contributed by atoms with Gasteiger partial charge in [-0.3, -0.25) is 9.59 Å². The predicted molar refractivity (Wildman–Crippen MR) is 97.9 cm³/mol. The van der Waals surface area contributed by atoms with Gasteiger partial charge in [-0.15, -0.1) is 0 Å². The molecule has 148 valence electrons.